The molecule has 10 heteroatoms. The minimum Gasteiger partial charge on any atom is -0.347 e. The molecule has 1 aliphatic rings. The maximum Gasteiger partial charge on any atom is 0.246 e. The summed E-state index contributed by atoms with van der Waals surface area (Å²) in [7, 11) is -3.62. The van der Waals surface area contributed by atoms with E-state index in [9.17, 15) is 13.2 Å². The van der Waals surface area contributed by atoms with E-state index in [4.69, 9.17) is 16.1 Å². The molecule has 0 radical (unpaired) electrons. The lowest BCUT2D eigenvalue weighted by Crippen LogP contribution is -2.45. The maximum absolute atomic E-state index is 12.8. The molecular weight excluding hydrogens is 440 g/mol. The summed E-state index contributed by atoms with van der Waals surface area (Å²) in [6.45, 7) is 0.600. The third-order valence-electron chi connectivity index (χ3n) is 5.10. The molecule has 1 saturated heterocycles. The van der Waals surface area contributed by atoms with Gasteiger partial charge >= 0.3 is 0 Å². The summed E-state index contributed by atoms with van der Waals surface area (Å²) in [6, 6.07) is 15.3. The van der Waals surface area contributed by atoms with Crippen LogP contribution in [0, 0.1) is 5.92 Å². The van der Waals surface area contributed by atoms with Crippen LogP contribution in [0.15, 0.2) is 64.0 Å². The van der Waals surface area contributed by atoms with Gasteiger partial charge < -0.3 is 9.84 Å². The lowest BCUT2D eigenvalue weighted by molar-refractivity contribution is -0.126. The van der Waals surface area contributed by atoms with Crippen LogP contribution in [0.1, 0.15) is 18.7 Å². The number of amides is 1. The molecule has 31 heavy (non-hydrogen) atoms. The third kappa shape index (κ3) is 4.95. The van der Waals surface area contributed by atoms with Gasteiger partial charge in [0.1, 0.15) is 0 Å². The number of rotatable bonds is 6. The van der Waals surface area contributed by atoms with Crippen LogP contribution in [0.3, 0.4) is 0 Å². The maximum atomic E-state index is 12.8. The summed E-state index contributed by atoms with van der Waals surface area (Å²) in [5.74, 6) is -0.0459. The van der Waals surface area contributed by atoms with Crippen molar-refractivity contribution in [3.8, 4) is 11.4 Å². The van der Waals surface area contributed by atoms with Crippen molar-refractivity contribution in [2.75, 3.05) is 13.1 Å². The molecule has 2 heterocycles. The first-order valence-corrected chi connectivity index (χ1v) is 11.7. The van der Waals surface area contributed by atoms with E-state index in [1.165, 1.54) is 4.31 Å². The second kappa shape index (κ2) is 9.17. The van der Waals surface area contributed by atoms with Crippen molar-refractivity contribution in [2.45, 2.75) is 24.3 Å². The van der Waals surface area contributed by atoms with Crippen molar-refractivity contribution in [1.29, 1.82) is 0 Å². The summed E-state index contributed by atoms with van der Waals surface area (Å²) in [4.78, 5) is 17.2. The van der Waals surface area contributed by atoms with Crippen LogP contribution in [0.4, 0.5) is 0 Å². The predicted molar refractivity (Wildman–Crippen MR) is 115 cm³/mol. The Morgan fingerprint density at radius 1 is 1.19 bits per heavy atom. The van der Waals surface area contributed by atoms with Crippen molar-refractivity contribution in [3.05, 3.63) is 65.5 Å². The highest BCUT2D eigenvalue weighted by Gasteiger charge is 2.33. The first kappa shape index (κ1) is 21.5. The number of aromatic nitrogens is 2. The zero-order valence-electron chi connectivity index (χ0n) is 16.6. The number of nitrogens with one attached hydrogen (secondary N) is 1. The Kier molecular flexibility index (Phi) is 6.35. The fraction of sp³-hybridized carbons (Fsp3) is 0.286. The Bertz CT molecular complexity index is 1170. The fourth-order valence-electron chi connectivity index (χ4n) is 3.49. The Morgan fingerprint density at radius 3 is 2.77 bits per heavy atom. The first-order valence-electron chi connectivity index (χ1n) is 9.85. The van der Waals surface area contributed by atoms with Crippen molar-refractivity contribution in [2.24, 2.45) is 5.92 Å². The topological polar surface area (TPSA) is 105 Å². The highest BCUT2D eigenvalue weighted by molar-refractivity contribution is 7.89. The summed E-state index contributed by atoms with van der Waals surface area (Å²) in [5.41, 5.74) is 0.711. The fourth-order valence-corrected chi connectivity index (χ4v) is 5.23. The summed E-state index contributed by atoms with van der Waals surface area (Å²) in [6.07, 6.45) is 1.23. The van der Waals surface area contributed by atoms with Crippen molar-refractivity contribution in [1.82, 2.24) is 19.8 Å². The van der Waals surface area contributed by atoms with Crippen molar-refractivity contribution in [3.63, 3.8) is 0 Å². The summed E-state index contributed by atoms with van der Waals surface area (Å²) in [5, 5.41) is 7.25. The van der Waals surface area contributed by atoms with Crippen molar-refractivity contribution < 1.29 is 17.7 Å². The quantitative estimate of drug-likeness (QED) is 0.606. The molecule has 1 aromatic heterocycles. The number of benzene rings is 2. The molecule has 0 bridgehead atoms. The van der Waals surface area contributed by atoms with Crippen molar-refractivity contribution >= 4 is 27.5 Å². The molecule has 0 spiro atoms. The Morgan fingerprint density at radius 2 is 2.00 bits per heavy atom. The SMILES string of the molecule is O=C(NCc1nc(-c2cccc(Cl)c2)no1)[C@@H]1CCCN(S(=O)(=O)c2ccccc2)C1. The molecular formula is C21H21ClN4O4S. The van der Waals surface area contributed by atoms with Crippen LogP contribution in [0.5, 0.6) is 0 Å². The number of piperidine rings is 1. The number of sulfonamides is 1. The minimum absolute atomic E-state index is 0.0638. The molecule has 162 valence electrons. The monoisotopic (exact) mass is 460 g/mol. The molecule has 0 aliphatic carbocycles. The molecule has 8 nitrogen and oxygen atoms in total. The van der Waals surface area contributed by atoms with Crippen LogP contribution < -0.4 is 5.32 Å². The standard InChI is InChI=1S/C21H21ClN4O4S/c22-17-8-4-6-15(12-17)20-24-19(30-25-20)13-23-21(27)16-7-5-11-26(14-16)31(28,29)18-9-2-1-3-10-18/h1-4,6,8-10,12,16H,5,7,11,13-14H2,(H,23,27)/t16-/m1/s1. The first-order chi connectivity index (χ1) is 14.9. The van der Waals surface area contributed by atoms with E-state index in [1.807, 2.05) is 6.07 Å². The van der Waals surface area contributed by atoms with Crippen LogP contribution in [-0.2, 0) is 21.4 Å². The smallest absolute Gasteiger partial charge is 0.246 e. The van der Waals surface area contributed by atoms with Crippen LogP contribution in [0.2, 0.25) is 5.02 Å². The number of nitrogens with zero attached hydrogens (tertiary/aromatic N) is 3. The van der Waals surface area contributed by atoms with Gasteiger partial charge in [-0.25, -0.2) is 8.42 Å². The van der Waals surface area contributed by atoms with E-state index < -0.39 is 15.9 Å². The van der Waals surface area contributed by atoms with E-state index in [2.05, 4.69) is 15.5 Å². The third-order valence-corrected chi connectivity index (χ3v) is 7.22. The molecule has 1 N–H and O–H groups in total. The molecule has 3 aromatic rings. The molecule has 2 aromatic carbocycles. The normalized spacial score (nSPS) is 17.4. The average Bonchev–Trinajstić information content (AvgIpc) is 3.27. The van der Waals surface area contributed by atoms with Gasteiger partial charge in [-0.15, -0.1) is 0 Å². The predicted octanol–water partition coefficient (Wildman–Crippen LogP) is 3.11. The Labute approximate surface area is 185 Å². The summed E-state index contributed by atoms with van der Waals surface area (Å²) >= 11 is 5.98. The molecule has 1 atom stereocenters. The molecule has 1 fully saturated rings. The van der Waals surface area contributed by atoms with E-state index in [0.717, 1.165) is 0 Å². The molecule has 0 saturated carbocycles. The van der Waals surface area contributed by atoms with Gasteiger partial charge in [-0.2, -0.15) is 9.29 Å². The zero-order valence-corrected chi connectivity index (χ0v) is 18.1. The van der Waals surface area contributed by atoms with Gasteiger partial charge in [-0.3, -0.25) is 4.79 Å². The average molecular weight is 461 g/mol. The Hall–Kier alpha value is -2.75. The number of carbonyl (C=O) groups excluding carboxylic acids is 1. The number of halogens is 1. The largest absolute Gasteiger partial charge is 0.347 e. The van der Waals surface area contributed by atoms with E-state index >= 15 is 0 Å². The van der Waals surface area contributed by atoms with Gasteiger partial charge in [-0.05, 0) is 37.1 Å². The highest BCUT2D eigenvalue weighted by atomic mass is 35.5. The van der Waals surface area contributed by atoms with E-state index in [0.29, 0.717) is 35.8 Å². The molecule has 4 rings (SSSR count). The number of carbonyl (C=O) groups is 1. The van der Waals surface area contributed by atoms with E-state index in [1.54, 1.807) is 48.5 Å². The highest BCUT2D eigenvalue weighted by Crippen LogP contribution is 2.24. The van der Waals surface area contributed by atoms with Gasteiger partial charge in [0.2, 0.25) is 27.6 Å². The van der Waals surface area contributed by atoms with Gasteiger partial charge in [0.05, 0.1) is 17.4 Å². The molecule has 0 unspecified atom stereocenters. The number of hydrogen-bond donors (Lipinski definition) is 1. The van der Waals surface area contributed by atoms with Gasteiger partial charge in [0.25, 0.3) is 0 Å². The second-order valence-electron chi connectivity index (χ2n) is 7.26. The Balaban J connectivity index is 1.37. The summed E-state index contributed by atoms with van der Waals surface area (Å²) < 4.78 is 32.3. The molecule has 1 amide bonds. The zero-order chi connectivity index (χ0) is 21.8. The van der Waals surface area contributed by atoms with Crippen LogP contribution in [-0.4, -0.2) is 41.9 Å². The van der Waals surface area contributed by atoms with E-state index in [-0.39, 0.29) is 29.8 Å². The van der Waals surface area contributed by atoms with Crippen LogP contribution >= 0.6 is 11.6 Å². The van der Waals surface area contributed by atoms with Gasteiger partial charge in [0, 0.05) is 23.7 Å². The second-order valence-corrected chi connectivity index (χ2v) is 9.63. The van der Waals surface area contributed by atoms with Gasteiger partial charge in [0.15, 0.2) is 0 Å². The lowest BCUT2D eigenvalue weighted by atomic mass is 9.99. The lowest BCUT2D eigenvalue weighted by Gasteiger charge is -2.31. The van der Waals surface area contributed by atoms with Crippen LogP contribution in [0.25, 0.3) is 11.4 Å². The molecule has 1 aliphatic heterocycles. The van der Waals surface area contributed by atoms with Gasteiger partial charge in [-0.1, -0.05) is 47.1 Å². The number of hydrogen-bond acceptors (Lipinski definition) is 6. The minimum atomic E-state index is -3.62.